The fourth-order valence-corrected chi connectivity index (χ4v) is 2.53. The van der Waals surface area contributed by atoms with E-state index in [0.29, 0.717) is 17.2 Å². The third kappa shape index (κ3) is 3.30. The van der Waals surface area contributed by atoms with E-state index in [1.54, 1.807) is 19.2 Å². The Morgan fingerprint density at radius 2 is 1.77 bits per heavy atom. The Balaban J connectivity index is 2.64. The molecule has 0 saturated carbocycles. The van der Waals surface area contributed by atoms with Crippen LogP contribution in [0.5, 0.6) is 5.75 Å². The Labute approximate surface area is 131 Å². The molecule has 0 spiro atoms. The van der Waals surface area contributed by atoms with Crippen LogP contribution >= 0.6 is 0 Å². The van der Waals surface area contributed by atoms with Crippen LogP contribution in [0.1, 0.15) is 37.8 Å². The summed E-state index contributed by atoms with van der Waals surface area (Å²) in [4.78, 5) is 0. The summed E-state index contributed by atoms with van der Waals surface area (Å²) in [6, 6.07) is 10.5. The minimum absolute atomic E-state index is 0.0152. The van der Waals surface area contributed by atoms with Gasteiger partial charge in [0.2, 0.25) is 0 Å². The number of hydrogen-bond acceptors (Lipinski definition) is 2. The van der Waals surface area contributed by atoms with Crippen LogP contribution in [0, 0.1) is 11.7 Å². The average Bonchev–Trinajstić information content (AvgIpc) is 2.54. The van der Waals surface area contributed by atoms with Crippen molar-refractivity contribution < 1.29 is 14.2 Å². The summed E-state index contributed by atoms with van der Waals surface area (Å²) in [5, 5.41) is 9.39. The smallest absolute Gasteiger partial charge is 0.131 e. The van der Waals surface area contributed by atoms with Gasteiger partial charge in [-0.25, -0.2) is 4.39 Å². The third-order valence-electron chi connectivity index (χ3n) is 4.25. The standard InChI is InChI=1S/C19H23FO2/c1-12(2)13(3)17-9-14(11-21)5-7-16(17)18-10-15(22-4)6-8-19(18)20/h5-10,12-13,21H,11H2,1-4H3. The molecule has 0 fully saturated rings. The molecule has 3 heteroatoms. The molecule has 1 N–H and O–H groups in total. The van der Waals surface area contributed by atoms with Crippen molar-refractivity contribution in [3.63, 3.8) is 0 Å². The number of aliphatic hydroxyl groups is 1. The van der Waals surface area contributed by atoms with E-state index in [0.717, 1.165) is 16.7 Å². The lowest BCUT2D eigenvalue weighted by Gasteiger charge is -2.21. The second-order valence-electron chi connectivity index (χ2n) is 5.96. The Kier molecular flexibility index (Phi) is 5.19. The molecule has 0 aliphatic rings. The molecule has 0 amide bonds. The number of aliphatic hydroxyl groups excluding tert-OH is 1. The molecule has 2 aromatic rings. The summed E-state index contributed by atoms with van der Waals surface area (Å²) < 4.78 is 19.5. The Hall–Kier alpha value is -1.87. The van der Waals surface area contributed by atoms with Gasteiger partial charge in [0, 0.05) is 5.56 Å². The van der Waals surface area contributed by atoms with Gasteiger partial charge in [-0.1, -0.05) is 39.0 Å². The molecule has 118 valence electrons. The van der Waals surface area contributed by atoms with Crippen molar-refractivity contribution in [3.05, 3.63) is 53.3 Å². The van der Waals surface area contributed by atoms with Crippen LogP contribution in [0.4, 0.5) is 4.39 Å². The average molecular weight is 302 g/mol. The van der Waals surface area contributed by atoms with Crippen molar-refractivity contribution >= 4 is 0 Å². The molecule has 1 atom stereocenters. The molecule has 0 heterocycles. The van der Waals surface area contributed by atoms with Gasteiger partial charge in [-0.2, -0.15) is 0 Å². The number of benzene rings is 2. The maximum Gasteiger partial charge on any atom is 0.131 e. The summed E-state index contributed by atoms with van der Waals surface area (Å²) in [7, 11) is 1.57. The van der Waals surface area contributed by atoms with Crippen LogP contribution in [0.25, 0.3) is 11.1 Å². The van der Waals surface area contributed by atoms with Crippen molar-refractivity contribution in [2.24, 2.45) is 5.92 Å². The molecule has 0 radical (unpaired) electrons. The quantitative estimate of drug-likeness (QED) is 0.863. The van der Waals surface area contributed by atoms with Gasteiger partial charge in [0.15, 0.2) is 0 Å². The first-order valence-electron chi connectivity index (χ1n) is 7.55. The van der Waals surface area contributed by atoms with E-state index in [1.807, 2.05) is 18.2 Å². The molecule has 1 unspecified atom stereocenters. The molecular formula is C19H23FO2. The maximum atomic E-state index is 14.3. The van der Waals surface area contributed by atoms with Crippen LogP contribution in [0.15, 0.2) is 36.4 Å². The summed E-state index contributed by atoms with van der Waals surface area (Å²) >= 11 is 0. The lowest BCUT2D eigenvalue weighted by Crippen LogP contribution is -2.05. The third-order valence-corrected chi connectivity index (χ3v) is 4.25. The lowest BCUT2D eigenvalue weighted by molar-refractivity contribution is 0.281. The van der Waals surface area contributed by atoms with Gasteiger partial charge in [0.1, 0.15) is 11.6 Å². The fraction of sp³-hybridized carbons (Fsp3) is 0.368. The largest absolute Gasteiger partial charge is 0.497 e. The van der Waals surface area contributed by atoms with Crippen LogP contribution in [-0.2, 0) is 6.61 Å². The van der Waals surface area contributed by atoms with Gasteiger partial charge in [-0.15, -0.1) is 0 Å². The molecule has 2 nitrogen and oxygen atoms in total. The summed E-state index contributed by atoms with van der Waals surface area (Å²) in [6.07, 6.45) is 0. The minimum atomic E-state index is -0.269. The van der Waals surface area contributed by atoms with Crippen molar-refractivity contribution in [2.45, 2.75) is 33.3 Å². The van der Waals surface area contributed by atoms with Crippen LogP contribution in [0.2, 0.25) is 0 Å². The van der Waals surface area contributed by atoms with E-state index < -0.39 is 0 Å². The van der Waals surface area contributed by atoms with E-state index in [-0.39, 0.29) is 18.3 Å². The Morgan fingerprint density at radius 1 is 1.05 bits per heavy atom. The van der Waals surface area contributed by atoms with E-state index in [1.165, 1.54) is 6.07 Å². The summed E-state index contributed by atoms with van der Waals surface area (Å²) in [6.45, 7) is 6.39. The van der Waals surface area contributed by atoms with E-state index in [4.69, 9.17) is 4.74 Å². The van der Waals surface area contributed by atoms with Gasteiger partial charge in [-0.3, -0.25) is 0 Å². The van der Waals surface area contributed by atoms with Crippen molar-refractivity contribution in [3.8, 4) is 16.9 Å². The monoisotopic (exact) mass is 302 g/mol. The van der Waals surface area contributed by atoms with Crippen LogP contribution < -0.4 is 4.74 Å². The number of ether oxygens (including phenoxy) is 1. The lowest BCUT2D eigenvalue weighted by atomic mass is 9.84. The SMILES string of the molecule is COc1ccc(F)c(-c2ccc(CO)cc2C(C)C(C)C)c1. The predicted molar refractivity (Wildman–Crippen MR) is 87.6 cm³/mol. The second-order valence-corrected chi connectivity index (χ2v) is 5.96. The summed E-state index contributed by atoms with van der Waals surface area (Å²) in [5.74, 6) is 1.04. The van der Waals surface area contributed by atoms with Crippen molar-refractivity contribution in [1.82, 2.24) is 0 Å². The van der Waals surface area contributed by atoms with E-state index in [2.05, 4.69) is 20.8 Å². The van der Waals surface area contributed by atoms with Crippen molar-refractivity contribution in [2.75, 3.05) is 7.11 Å². The first-order valence-corrected chi connectivity index (χ1v) is 7.55. The molecule has 0 bridgehead atoms. The highest BCUT2D eigenvalue weighted by Gasteiger charge is 2.18. The van der Waals surface area contributed by atoms with Gasteiger partial charge in [-0.05, 0) is 46.7 Å². The van der Waals surface area contributed by atoms with Gasteiger partial charge >= 0.3 is 0 Å². The molecule has 22 heavy (non-hydrogen) atoms. The Morgan fingerprint density at radius 3 is 2.36 bits per heavy atom. The van der Waals surface area contributed by atoms with E-state index >= 15 is 0 Å². The molecule has 2 rings (SSSR count). The number of halogens is 1. The fourth-order valence-electron chi connectivity index (χ4n) is 2.53. The molecule has 0 aromatic heterocycles. The normalized spacial score (nSPS) is 12.5. The van der Waals surface area contributed by atoms with Gasteiger partial charge in [0.25, 0.3) is 0 Å². The molecule has 0 saturated heterocycles. The summed E-state index contributed by atoms with van der Waals surface area (Å²) in [5.41, 5.74) is 3.28. The topological polar surface area (TPSA) is 29.5 Å². The number of hydrogen-bond donors (Lipinski definition) is 1. The van der Waals surface area contributed by atoms with Crippen LogP contribution in [0.3, 0.4) is 0 Å². The highest BCUT2D eigenvalue weighted by molar-refractivity contribution is 5.70. The van der Waals surface area contributed by atoms with Crippen molar-refractivity contribution in [1.29, 1.82) is 0 Å². The molecule has 0 aliphatic heterocycles. The van der Waals surface area contributed by atoms with Gasteiger partial charge < -0.3 is 9.84 Å². The Bertz CT molecular complexity index is 650. The highest BCUT2D eigenvalue weighted by Crippen LogP contribution is 2.36. The minimum Gasteiger partial charge on any atom is -0.497 e. The van der Waals surface area contributed by atoms with Crippen LogP contribution in [-0.4, -0.2) is 12.2 Å². The van der Waals surface area contributed by atoms with E-state index in [9.17, 15) is 9.50 Å². The second kappa shape index (κ2) is 6.93. The molecular weight excluding hydrogens is 279 g/mol. The molecule has 0 aliphatic carbocycles. The zero-order valence-electron chi connectivity index (χ0n) is 13.6. The molecule has 2 aromatic carbocycles. The highest BCUT2D eigenvalue weighted by atomic mass is 19.1. The first-order chi connectivity index (χ1) is 10.5. The number of rotatable bonds is 5. The first kappa shape index (κ1) is 16.5. The zero-order valence-corrected chi connectivity index (χ0v) is 13.6. The zero-order chi connectivity index (χ0) is 16.3. The van der Waals surface area contributed by atoms with Gasteiger partial charge in [0.05, 0.1) is 13.7 Å². The maximum absolute atomic E-state index is 14.3. The predicted octanol–water partition coefficient (Wildman–Crippen LogP) is 4.75. The number of methoxy groups -OCH3 is 1.